The Morgan fingerprint density at radius 3 is 2.67 bits per heavy atom. The molecule has 0 saturated heterocycles. The van der Waals surface area contributed by atoms with E-state index < -0.39 is 0 Å². The highest BCUT2D eigenvalue weighted by atomic mass is 16.5. The van der Waals surface area contributed by atoms with Crippen molar-refractivity contribution in [2.45, 2.75) is 13.5 Å². The third-order valence-corrected chi connectivity index (χ3v) is 3.22. The monoisotopic (exact) mass is 279 g/mol. The molecule has 0 aliphatic rings. The van der Waals surface area contributed by atoms with Crippen molar-refractivity contribution < 1.29 is 4.74 Å². The van der Waals surface area contributed by atoms with E-state index in [0.717, 1.165) is 28.4 Å². The van der Waals surface area contributed by atoms with Crippen LogP contribution in [0.4, 0.5) is 5.69 Å². The molecule has 0 spiro atoms. The van der Waals surface area contributed by atoms with Crippen LogP contribution in [0.1, 0.15) is 11.3 Å². The van der Waals surface area contributed by atoms with Crippen LogP contribution in [-0.4, -0.2) is 10.2 Å². The zero-order valence-electron chi connectivity index (χ0n) is 11.8. The summed E-state index contributed by atoms with van der Waals surface area (Å²) in [6.45, 7) is 2.51. The smallest absolute Gasteiger partial charge is 0.130 e. The molecule has 0 atom stereocenters. The predicted octanol–water partition coefficient (Wildman–Crippen LogP) is 3.55. The minimum Gasteiger partial charge on any atom is -0.487 e. The van der Waals surface area contributed by atoms with Gasteiger partial charge >= 0.3 is 0 Å². The van der Waals surface area contributed by atoms with Gasteiger partial charge in [-0.3, -0.25) is 5.10 Å². The van der Waals surface area contributed by atoms with Crippen LogP contribution in [0.15, 0.2) is 54.6 Å². The Kier molecular flexibility index (Phi) is 3.60. The third kappa shape index (κ3) is 3.23. The van der Waals surface area contributed by atoms with Crippen LogP contribution < -0.4 is 10.5 Å². The van der Waals surface area contributed by atoms with E-state index in [-0.39, 0.29) is 0 Å². The van der Waals surface area contributed by atoms with E-state index in [4.69, 9.17) is 10.5 Å². The molecule has 0 unspecified atom stereocenters. The summed E-state index contributed by atoms with van der Waals surface area (Å²) in [5.41, 5.74) is 10.5. The lowest BCUT2D eigenvalue weighted by atomic mass is 10.1. The normalized spacial score (nSPS) is 10.5. The van der Waals surface area contributed by atoms with Crippen LogP contribution in [0.25, 0.3) is 11.3 Å². The number of nitrogen functional groups attached to an aromatic ring is 1. The van der Waals surface area contributed by atoms with E-state index in [9.17, 15) is 0 Å². The average molecular weight is 279 g/mol. The summed E-state index contributed by atoms with van der Waals surface area (Å²) in [5, 5.41) is 7.30. The maximum Gasteiger partial charge on any atom is 0.130 e. The number of ether oxygens (including phenoxy) is 1. The van der Waals surface area contributed by atoms with Gasteiger partial charge in [0.1, 0.15) is 12.4 Å². The molecule has 21 heavy (non-hydrogen) atoms. The Hall–Kier alpha value is -2.75. The van der Waals surface area contributed by atoms with E-state index in [0.29, 0.717) is 6.61 Å². The van der Waals surface area contributed by atoms with Gasteiger partial charge < -0.3 is 10.5 Å². The number of nitrogens with one attached hydrogen (secondary N) is 1. The minimum absolute atomic E-state index is 0.464. The highest BCUT2D eigenvalue weighted by molar-refractivity contribution is 5.61. The molecular formula is C17H17N3O. The number of aromatic nitrogens is 2. The molecule has 0 aliphatic heterocycles. The summed E-state index contributed by atoms with van der Waals surface area (Å²) in [6.07, 6.45) is 0. The number of aromatic amines is 1. The molecule has 0 saturated carbocycles. The van der Waals surface area contributed by atoms with Gasteiger partial charge in [0.25, 0.3) is 0 Å². The van der Waals surface area contributed by atoms with Gasteiger partial charge in [0.2, 0.25) is 0 Å². The molecule has 0 amide bonds. The molecule has 106 valence electrons. The molecule has 4 heteroatoms. The number of H-pyrrole nitrogens is 1. The van der Waals surface area contributed by atoms with E-state index in [1.807, 2.05) is 61.5 Å². The second-order valence-electron chi connectivity index (χ2n) is 5.01. The van der Waals surface area contributed by atoms with Crippen molar-refractivity contribution in [3.63, 3.8) is 0 Å². The maximum absolute atomic E-state index is 5.75. The Balaban J connectivity index is 1.69. The number of nitrogens with two attached hydrogens (primary N) is 1. The van der Waals surface area contributed by atoms with Gasteiger partial charge in [-0.1, -0.05) is 24.3 Å². The lowest BCUT2D eigenvalue weighted by Gasteiger charge is -2.04. The van der Waals surface area contributed by atoms with Gasteiger partial charge in [0.15, 0.2) is 0 Å². The van der Waals surface area contributed by atoms with Crippen LogP contribution in [0.3, 0.4) is 0 Å². The average Bonchev–Trinajstić information content (AvgIpc) is 2.95. The van der Waals surface area contributed by atoms with Gasteiger partial charge in [0.05, 0.1) is 11.4 Å². The first kappa shape index (κ1) is 13.2. The molecule has 3 rings (SSSR count). The van der Waals surface area contributed by atoms with Crippen molar-refractivity contribution in [2.24, 2.45) is 0 Å². The standard InChI is InChI=1S/C17H17N3O/c1-12-3-2-4-16(9-12)21-11-15-10-17(20-19-15)13-5-7-14(18)8-6-13/h2-10H,11,18H2,1H3,(H,19,20). The van der Waals surface area contributed by atoms with Gasteiger partial charge in [-0.25, -0.2) is 0 Å². The van der Waals surface area contributed by atoms with Gasteiger partial charge in [-0.15, -0.1) is 0 Å². The lowest BCUT2D eigenvalue weighted by Crippen LogP contribution is -1.95. The quantitative estimate of drug-likeness (QED) is 0.718. The van der Waals surface area contributed by atoms with Crippen LogP contribution >= 0.6 is 0 Å². The Morgan fingerprint density at radius 2 is 1.90 bits per heavy atom. The fourth-order valence-electron chi connectivity index (χ4n) is 2.10. The van der Waals surface area contributed by atoms with Gasteiger partial charge in [-0.2, -0.15) is 5.10 Å². The molecule has 4 nitrogen and oxygen atoms in total. The SMILES string of the molecule is Cc1cccc(OCc2cc(-c3ccc(N)cc3)n[nH]2)c1. The number of hydrogen-bond donors (Lipinski definition) is 2. The Morgan fingerprint density at radius 1 is 1.10 bits per heavy atom. The van der Waals surface area contributed by atoms with Crippen LogP contribution in [0.5, 0.6) is 5.75 Å². The molecule has 3 N–H and O–H groups in total. The molecule has 2 aromatic carbocycles. The Bertz CT molecular complexity index is 732. The zero-order valence-corrected chi connectivity index (χ0v) is 11.8. The van der Waals surface area contributed by atoms with Crippen molar-refractivity contribution in [3.8, 4) is 17.0 Å². The van der Waals surface area contributed by atoms with Gasteiger partial charge in [-0.05, 0) is 42.8 Å². The summed E-state index contributed by atoms with van der Waals surface area (Å²) in [7, 11) is 0. The number of anilines is 1. The first-order valence-corrected chi connectivity index (χ1v) is 6.80. The Labute approximate surface area is 123 Å². The first-order chi connectivity index (χ1) is 10.2. The molecule has 0 aliphatic carbocycles. The molecule has 0 fully saturated rings. The molecule has 1 heterocycles. The van der Waals surface area contributed by atoms with Crippen molar-refractivity contribution in [1.29, 1.82) is 0 Å². The van der Waals surface area contributed by atoms with Crippen molar-refractivity contribution in [2.75, 3.05) is 5.73 Å². The second kappa shape index (κ2) is 5.71. The fourth-order valence-corrected chi connectivity index (χ4v) is 2.10. The zero-order chi connectivity index (χ0) is 14.7. The van der Waals surface area contributed by atoms with E-state index >= 15 is 0 Å². The molecule has 3 aromatic rings. The lowest BCUT2D eigenvalue weighted by molar-refractivity contribution is 0.301. The summed E-state index contributed by atoms with van der Waals surface area (Å²) in [6, 6.07) is 17.6. The minimum atomic E-state index is 0.464. The summed E-state index contributed by atoms with van der Waals surface area (Å²) >= 11 is 0. The number of nitrogens with zero attached hydrogens (tertiary/aromatic N) is 1. The molecule has 0 radical (unpaired) electrons. The third-order valence-electron chi connectivity index (χ3n) is 3.22. The summed E-state index contributed by atoms with van der Waals surface area (Å²) in [4.78, 5) is 0. The van der Waals surface area contributed by atoms with E-state index in [2.05, 4.69) is 10.2 Å². The predicted molar refractivity (Wildman–Crippen MR) is 83.9 cm³/mol. The number of rotatable bonds is 4. The van der Waals surface area contributed by atoms with Crippen molar-refractivity contribution >= 4 is 5.69 Å². The number of aryl methyl sites for hydroxylation is 1. The first-order valence-electron chi connectivity index (χ1n) is 6.80. The summed E-state index contributed by atoms with van der Waals surface area (Å²) in [5.74, 6) is 0.860. The topological polar surface area (TPSA) is 63.9 Å². The second-order valence-corrected chi connectivity index (χ2v) is 5.01. The highest BCUT2D eigenvalue weighted by Gasteiger charge is 2.04. The maximum atomic E-state index is 5.75. The molecule has 0 bridgehead atoms. The highest BCUT2D eigenvalue weighted by Crippen LogP contribution is 2.20. The van der Waals surface area contributed by atoms with E-state index in [1.165, 1.54) is 5.56 Å². The largest absolute Gasteiger partial charge is 0.487 e. The van der Waals surface area contributed by atoms with Gasteiger partial charge in [0, 0.05) is 11.3 Å². The van der Waals surface area contributed by atoms with Crippen LogP contribution in [0, 0.1) is 6.92 Å². The number of hydrogen-bond acceptors (Lipinski definition) is 3. The van der Waals surface area contributed by atoms with Crippen LogP contribution in [0.2, 0.25) is 0 Å². The van der Waals surface area contributed by atoms with E-state index in [1.54, 1.807) is 0 Å². The number of benzene rings is 2. The molecular weight excluding hydrogens is 262 g/mol. The molecule has 1 aromatic heterocycles. The van der Waals surface area contributed by atoms with Crippen molar-refractivity contribution in [3.05, 3.63) is 65.9 Å². The summed E-state index contributed by atoms with van der Waals surface area (Å²) < 4.78 is 5.75. The van der Waals surface area contributed by atoms with Crippen molar-refractivity contribution in [1.82, 2.24) is 10.2 Å². The van der Waals surface area contributed by atoms with Crippen LogP contribution in [-0.2, 0) is 6.61 Å². The fraction of sp³-hybridized carbons (Fsp3) is 0.118.